The molecule has 0 aromatic heterocycles. The lowest BCUT2D eigenvalue weighted by Crippen LogP contribution is -2.51. The summed E-state index contributed by atoms with van der Waals surface area (Å²) in [6.07, 6.45) is 1.54. The molecule has 8 heteroatoms. The molecule has 1 aromatic rings. The molecule has 1 aliphatic heterocycles. The number of ether oxygens (including phenoxy) is 1. The summed E-state index contributed by atoms with van der Waals surface area (Å²) in [6, 6.07) is 4.86. The summed E-state index contributed by atoms with van der Waals surface area (Å²) in [4.78, 5) is 15.0. The molecule has 2 rings (SSSR count). The zero-order valence-corrected chi connectivity index (χ0v) is 17.5. The van der Waals surface area contributed by atoms with Crippen molar-refractivity contribution < 1.29 is 17.9 Å². The Labute approximate surface area is 162 Å². The molecule has 0 unspecified atom stereocenters. The Balaban J connectivity index is 2.14. The third-order valence-corrected chi connectivity index (χ3v) is 5.93. The van der Waals surface area contributed by atoms with Crippen LogP contribution in [-0.4, -0.2) is 70.9 Å². The smallest absolute Gasteiger partial charge is 0.243 e. The first-order valence-corrected chi connectivity index (χ1v) is 11.2. The van der Waals surface area contributed by atoms with E-state index in [0.717, 1.165) is 37.0 Å². The first-order chi connectivity index (χ1) is 12.7. The van der Waals surface area contributed by atoms with E-state index in [-0.39, 0.29) is 5.91 Å². The van der Waals surface area contributed by atoms with Gasteiger partial charge in [-0.2, -0.15) is 0 Å². The topological polar surface area (TPSA) is 79.0 Å². The normalized spacial score (nSPS) is 16.7. The molecular weight excluding hydrogens is 366 g/mol. The minimum Gasteiger partial charge on any atom is -0.379 e. The van der Waals surface area contributed by atoms with Gasteiger partial charge in [-0.25, -0.2) is 8.42 Å². The summed E-state index contributed by atoms with van der Waals surface area (Å²) < 4.78 is 31.7. The molecule has 1 saturated heterocycles. The van der Waals surface area contributed by atoms with Crippen LogP contribution in [0.3, 0.4) is 0 Å². The lowest BCUT2D eigenvalue weighted by Gasteiger charge is -2.32. The third-order valence-electron chi connectivity index (χ3n) is 4.76. The lowest BCUT2D eigenvalue weighted by molar-refractivity contribution is -0.122. The molecular formula is C19H31N3O4S. The van der Waals surface area contributed by atoms with Gasteiger partial charge in [0.1, 0.15) is 6.04 Å². The number of morpholine rings is 1. The van der Waals surface area contributed by atoms with Crippen LogP contribution in [0.1, 0.15) is 24.5 Å². The van der Waals surface area contributed by atoms with Crippen molar-refractivity contribution in [2.45, 2.75) is 33.2 Å². The number of hydrogen-bond acceptors (Lipinski definition) is 5. The van der Waals surface area contributed by atoms with Crippen LogP contribution in [-0.2, 0) is 19.6 Å². The van der Waals surface area contributed by atoms with E-state index in [9.17, 15) is 13.2 Å². The number of amides is 1. The van der Waals surface area contributed by atoms with E-state index >= 15 is 0 Å². The van der Waals surface area contributed by atoms with E-state index in [0.29, 0.717) is 31.9 Å². The Morgan fingerprint density at radius 1 is 1.30 bits per heavy atom. The van der Waals surface area contributed by atoms with Crippen molar-refractivity contribution >= 4 is 21.6 Å². The van der Waals surface area contributed by atoms with Gasteiger partial charge in [0, 0.05) is 26.2 Å². The van der Waals surface area contributed by atoms with E-state index in [1.54, 1.807) is 0 Å². The minimum absolute atomic E-state index is 0.267. The zero-order chi connectivity index (χ0) is 20.0. The van der Waals surface area contributed by atoms with Gasteiger partial charge in [0.25, 0.3) is 0 Å². The molecule has 1 fully saturated rings. The van der Waals surface area contributed by atoms with Crippen molar-refractivity contribution in [3.8, 4) is 0 Å². The van der Waals surface area contributed by atoms with Gasteiger partial charge >= 0.3 is 0 Å². The van der Waals surface area contributed by atoms with Crippen molar-refractivity contribution in [2.75, 3.05) is 50.0 Å². The molecule has 7 nitrogen and oxygen atoms in total. The Morgan fingerprint density at radius 2 is 1.96 bits per heavy atom. The van der Waals surface area contributed by atoms with Crippen molar-refractivity contribution in [3.05, 3.63) is 29.3 Å². The Kier molecular flexibility index (Phi) is 7.64. The molecule has 1 N–H and O–H groups in total. The predicted octanol–water partition coefficient (Wildman–Crippen LogP) is 1.30. The SMILES string of the molecule is CC[C@@H](C(=O)NCCN1CCOCC1)N(c1cc(C)ccc1C)S(C)(=O)=O. The van der Waals surface area contributed by atoms with Gasteiger partial charge in [0.05, 0.1) is 25.2 Å². The molecule has 0 spiro atoms. The average molecular weight is 398 g/mol. The van der Waals surface area contributed by atoms with Gasteiger partial charge in [0.2, 0.25) is 15.9 Å². The second-order valence-electron chi connectivity index (χ2n) is 7.02. The fourth-order valence-corrected chi connectivity index (χ4v) is 4.53. The number of nitrogens with one attached hydrogen (secondary N) is 1. The summed E-state index contributed by atoms with van der Waals surface area (Å²) >= 11 is 0. The van der Waals surface area contributed by atoms with Crippen LogP contribution in [0.25, 0.3) is 0 Å². The molecule has 152 valence electrons. The molecule has 1 aromatic carbocycles. The summed E-state index contributed by atoms with van der Waals surface area (Å²) in [5, 5.41) is 2.91. The maximum absolute atomic E-state index is 12.8. The molecule has 27 heavy (non-hydrogen) atoms. The Bertz CT molecular complexity index is 745. The van der Waals surface area contributed by atoms with E-state index in [4.69, 9.17) is 4.74 Å². The monoisotopic (exact) mass is 397 g/mol. The van der Waals surface area contributed by atoms with Crippen LogP contribution >= 0.6 is 0 Å². The Hall–Kier alpha value is -1.64. The number of nitrogens with zero attached hydrogens (tertiary/aromatic N) is 2. The van der Waals surface area contributed by atoms with Crippen molar-refractivity contribution in [3.63, 3.8) is 0 Å². The highest BCUT2D eigenvalue weighted by Gasteiger charge is 2.32. The number of sulfonamides is 1. The average Bonchev–Trinajstić information content (AvgIpc) is 2.61. The van der Waals surface area contributed by atoms with Gasteiger partial charge in [-0.3, -0.25) is 14.0 Å². The molecule has 0 bridgehead atoms. The first kappa shape index (κ1) is 21.7. The molecule has 1 aliphatic rings. The van der Waals surface area contributed by atoms with E-state index < -0.39 is 16.1 Å². The lowest BCUT2D eigenvalue weighted by atomic mass is 10.1. The maximum Gasteiger partial charge on any atom is 0.243 e. The van der Waals surface area contributed by atoms with E-state index in [2.05, 4.69) is 10.2 Å². The van der Waals surface area contributed by atoms with Gasteiger partial charge in [-0.15, -0.1) is 0 Å². The van der Waals surface area contributed by atoms with Crippen molar-refractivity contribution in [1.82, 2.24) is 10.2 Å². The van der Waals surface area contributed by atoms with Crippen molar-refractivity contribution in [2.24, 2.45) is 0 Å². The first-order valence-electron chi connectivity index (χ1n) is 9.38. The van der Waals surface area contributed by atoms with Crippen LogP contribution in [0, 0.1) is 13.8 Å². The second kappa shape index (κ2) is 9.52. The standard InChI is InChI=1S/C19H31N3O4S/c1-5-17(19(23)20-8-9-21-10-12-26-13-11-21)22(27(4,24)25)18-14-15(2)6-7-16(18)3/h6-7,14,17H,5,8-13H2,1-4H3,(H,20,23)/t17-/m0/s1. The van der Waals surface area contributed by atoms with Crippen LogP contribution < -0.4 is 9.62 Å². The quantitative estimate of drug-likeness (QED) is 0.715. The van der Waals surface area contributed by atoms with Crippen LogP contribution in [0.4, 0.5) is 5.69 Å². The number of carbonyl (C=O) groups is 1. The van der Waals surface area contributed by atoms with Crippen LogP contribution in [0.2, 0.25) is 0 Å². The van der Waals surface area contributed by atoms with E-state index in [1.165, 1.54) is 4.31 Å². The summed E-state index contributed by atoms with van der Waals surface area (Å²) in [5.74, 6) is -0.267. The van der Waals surface area contributed by atoms with Crippen molar-refractivity contribution in [1.29, 1.82) is 0 Å². The molecule has 1 heterocycles. The summed E-state index contributed by atoms with van der Waals surface area (Å²) in [5.41, 5.74) is 2.34. The maximum atomic E-state index is 12.8. The highest BCUT2D eigenvalue weighted by molar-refractivity contribution is 7.92. The van der Waals surface area contributed by atoms with Crippen LogP contribution in [0.5, 0.6) is 0 Å². The highest BCUT2D eigenvalue weighted by atomic mass is 32.2. The number of rotatable bonds is 8. The number of anilines is 1. The summed E-state index contributed by atoms with van der Waals surface area (Å²) in [6.45, 7) is 9.93. The minimum atomic E-state index is -3.61. The van der Waals surface area contributed by atoms with Gasteiger partial charge < -0.3 is 10.1 Å². The molecule has 0 aliphatic carbocycles. The molecule has 0 radical (unpaired) electrons. The third kappa shape index (κ3) is 5.92. The predicted molar refractivity (Wildman–Crippen MR) is 108 cm³/mol. The molecule has 1 amide bonds. The molecule has 1 atom stereocenters. The highest BCUT2D eigenvalue weighted by Crippen LogP contribution is 2.27. The van der Waals surface area contributed by atoms with E-state index in [1.807, 2.05) is 39.0 Å². The Morgan fingerprint density at radius 3 is 2.56 bits per heavy atom. The molecule has 0 saturated carbocycles. The van der Waals surface area contributed by atoms with Gasteiger partial charge in [0.15, 0.2) is 0 Å². The fourth-order valence-electron chi connectivity index (χ4n) is 3.27. The number of benzene rings is 1. The largest absolute Gasteiger partial charge is 0.379 e. The number of hydrogen-bond donors (Lipinski definition) is 1. The fraction of sp³-hybridized carbons (Fsp3) is 0.632. The number of aryl methyl sites for hydroxylation is 2. The summed E-state index contributed by atoms with van der Waals surface area (Å²) in [7, 11) is -3.61. The van der Waals surface area contributed by atoms with Crippen LogP contribution in [0.15, 0.2) is 18.2 Å². The van der Waals surface area contributed by atoms with Gasteiger partial charge in [-0.05, 0) is 37.5 Å². The zero-order valence-electron chi connectivity index (χ0n) is 16.7. The van der Waals surface area contributed by atoms with Gasteiger partial charge in [-0.1, -0.05) is 19.1 Å². The number of carbonyl (C=O) groups excluding carboxylic acids is 1. The second-order valence-corrected chi connectivity index (χ2v) is 8.88.